The van der Waals surface area contributed by atoms with Gasteiger partial charge in [-0.05, 0) is 101 Å². The van der Waals surface area contributed by atoms with E-state index in [0.29, 0.717) is 39.7 Å². The second kappa shape index (κ2) is 16.9. The van der Waals surface area contributed by atoms with Gasteiger partial charge in [0.1, 0.15) is 23.0 Å². The third-order valence-corrected chi connectivity index (χ3v) is 7.36. The van der Waals surface area contributed by atoms with Crippen LogP contribution in [0, 0.1) is 6.92 Å². The van der Waals surface area contributed by atoms with Crippen molar-refractivity contribution < 1.29 is 47.6 Å². The van der Waals surface area contributed by atoms with E-state index in [1.807, 2.05) is 24.3 Å². The summed E-state index contributed by atoms with van der Waals surface area (Å²) in [6.07, 6.45) is 2.12. The first-order valence-electron chi connectivity index (χ1n) is 15.5. The zero-order valence-electron chi connectivity index (χ0n) is 27.5. The smallest absolute Gasteiger partial charge is 0.343 e. The molecule has 0 aliphatic heterocycles. The summed E-state index contributed by atoms with van der Waals surface area (Å²) in [4.78, 5) is 48.0. The summed E-state index contributed by atoms with van der Waals surface area (Å²) in [6, 6.07) is 33.0. The van der Waals surface area contributed by atoms with Crippen LogP contribution in [-0.4, -0.2) is 37.5 Å². The van der Waals surface area contributed by atoms with E-state index in [4.69, 9.17) is 28.4 Å². The van der Waals surface area contributed by atoms with Crippen LogP contribution in [0.4, 0.5) is 0 Å². The molecule has 5 rings (SSSR count). The maximum Gasteiger partial charge on any atom is 0.343 e. The lowest BCUT2D eigenvalue weighted by molar-refractivity contribution is -0.145. The van der Waals surface area contributed by atoms with E-state index in [9.17, 15) is 19.2 Å². The van der Waals surface area contributed by atoms with Gasteiger partial charge >= 0.3 is 23.9 Å². The molecule has 0 radical (unpaired) electrons. The Kier molecular flexibility index (Phi) is 11.7. The number of carbonyl (C=O) groups is 4. The zero-order chi connectivity index (χ0) is 36.2. The maximum atomic E-state index is 12.9. The Morgan fingerprint density at radius 1 is 0.510 bits per heavy atom. The Bertz CT molecular complexity index is 2030. The van der Waals surface area contributed by atoms with Crippen LogP contribution in [-0.2, 0) is 19.1 Å². The van der Waals surface area contributed by atoms with Crippen molar-refractivity contribution in [2.75, 3.05) is 13.6 Å². The van der Waals surface area contributed by atoms with E-state index < -0.39 is 23.9 Å². The van der Waals surface area contributed by atoms with E-state index in [-0.39, 0.29) is 13.6 Å². The molecule has 0 atom stereocenters. The van der Waals surface area contributed by atoms with Gasteiger partial charge in [-0.15, -0.1) is 0 Å². The summed E-state index contributed by atoms with van der Waals surface area (Å²) in [5, 5.41) is 0. The lowest BCUT2D eigenvalue weighted by Crippen LogP contribution is -2.10. The first kappa shape index (κ1) is 35.4. The summed E-state index contributed by atoms with van der Waals surface area (Å²) in [5.41, 5.74) is 4.86. The van der Waals surface area contributed by atoms with E-state index in [0.717, 1.165) is 34.4 Å². The van der Waals surface area contributed by atoms with Crippen LogP contribution in [0.3, 0.4) is 0 Å². The molecule has 5 aromatic rings. The molecule has 256 valence electrons. The van der Waals surface area contributed by atoms with Crippen LogP contribution in [0.25, 0.3) is 22.3 Å². The van der Waals surface area contributed by atoms with E-state index in [2.05, 4.69) is 13.2 Å². The van der Waals surface area contributed by atoms with Crippen LogP contribution >= 0.6 is 0 Å². The third kappa shape index (κ3) is 9.80. The van der Waals surface area contributed by atoms with Gasteiger partial charge in [-0.1, -0.05) is 61.7 Å². The zero-order valence-corrected chi connectivity index (χ0v) is 27.5. The van der Waals surface area contributed by atoms with Crippen molar-refractivity contribution in [2.24, 2.45) is 0 Å². The molecule has 0 bridgehead atoms. The molecule has 0 aliphatic carbocycles. The summed E-state index contributed by atoms with van der Waals surface area (Å²) in [5.74, 6) is -0.533. The van der Waals surface area contributed by atoms with Gasteiger partial charge in [0.25, 0.3) is 0 Å². The number of carbonyl (C=O) groups excluding carboxylic acids is 4. The number of hydrogen-bond acceptors (Lipinski definition) is 10. The van der Waals surface area contributed by atoms with Gasteiger partial charge in [-0.2, -0.15) is 0 Å². The quantitative estimate of drug-likeness (QED) is 0.0494. The van der Waals surface area contributed by atoms with Gasteiger partial charge in [-0.3, -0.25) is 0 Å². The molecule has 0 fully saturated rings. The van der Waals surface area contributed by atoms with Crippen LogP contribution in [0.2, 0.25) is 0 Å². The van der Waals surface area contributed by atoms with Gasteiger partial charge < -0.3 is 28.4 Å². The SMILES string of the molecule is C=CC(=O)OCOc1ccc(-c2ccc(C(=O)Oc3ccc(OC(=O)c4ccc(-c5ccc(OCOC(=O)C=C)cc5)cc4)c(C)c3)cc2)cc1. The topological polar surface area (TPSA) is 124 Å². The molecular weight excluding hydrogens is 652 g/mol. The Hall–Kier alpha value is -6.94. The average Bonchev–Trinajstić information content (AvgIpc) is 3.16. The highest BCUT2D eigenvalue weighted by atomic mass is 16.7. The first-order chi connectivity index (χ1) is 24.7. The molecule has 0 aliphatic rings. The third-order valence-electron chi connectivity index (χ3n) is 7.36. The molecular formula is C41H32O10. The van der Waals surface area contributed by atoms with Gasteiger partial charge in [0.2, 0.25) is 13.6 Å². The summed E-state index contributed by atoms with van der Waals surface area (Å²) in [7, 11) is 0. The van der Waals surface area contributed by atoms with Crippen LogP contribution in [0.1, 0.15) is 26.3 Å². The Labute approximate surface area is 294 Å². The van der Waals surface area contributed by atoms with E-state index in [1.54, 1.807) is 97.9 Å². The van der Waals surface area contributed by atoms with Crippen LogP contribution in [0.15, 0.2) is 141 Å². The molecule has 0 amide bonds. The fraction of sp³-hybridized carbons (Fsp3) is 0.0732. The van der Waals surface area contributed by atoms with E-state index in [1.165, 1.54) is 0 Å². The number of esters is 4. The predicted molar refractivity (Wildman–Crippen MR) is 188 cm³/mol. The lowest BCUT2D eigenvalue weighted by atomic mass is 10.0. The molecule has 0 spiro atoms. The van der Waals surface area contributed by atoms with Crippen molar-refractivity contribution in [3.8, 4) is 45.3 Å². The Balaban J connectivity index is 1.12. The number of aryl methyl sites for hydroxylation is 1. The molecule has 0 saturated heterocycles. The minimum absolute atomic E-state index is 0.222. The normalized spacial score (nSPS) is 10.3. The average molecular weight is 685 g/mol. The maximum absolute atomic E-state index is 12.9. The molecule has 0 aromatic heterocycles. The summed E-state index contributed by atoms with van der Waals surface area (Å²) in [6.45, 7) is 7.96. The fourth-order valence-corrected chi connectivity index (χ4v) is 4.64. The molecule has 5 aromatic carbocycles. The number of hydrogen-bond donors (Lipinski definition) is 0. The van der Waals surface area contributed by atoms with Gasteiger partial charge in [0.05, 0.1) is 11.1 Å². The number of benzene rings is 5. The van der Waals surface area contributed by atoms with Crippen LogP contribution < -0.4 is 18.9 Å². The van der Waals surface area contributed by atoms with Crippen molar-refractivity contribution in [1.82, 2.24) is 0 Å². The van der Waals surface area contributed by atoms with Crippen LogP contribution in [0.5, 0.6) is 23.0 Å². The van der Waals surface area contributed by atoms with E-state index >= 15 is 0 Å². The van der Waals surface area contributed by atoms with Crippen molar-refractivity contribution in [1.29, 1.82) is 0 Å². The second-order valence-corrected chi connectivity index (χ2v) is 10.8. The number of ether oxygens (including phenoxy) is 6. The van der Waals surface area contributed by atoms with Crippen molar-refractivity contribution in [2.45, 2.75) is 6.92 Å². The van der Waals surface area contributed by atoms with Gasteiger partial charge in [0, 0.05) is 12.2 Å². The fourth-order valence-electron chi connectivity index (χ4n) is 4.64. The second-order valence-electron chi connectivity index (χ2n) is 10.8. The summed E-state index contributed by atoms with van der Waals surface area (Å²) >= 11 is 0. The molecule has 51 heavy (non-hydrogen) atoms. The number of rotatable bonds is 14. The molecule has 0 N–H and O–H groups in total. The Morgan fingerprint density at radius 2 is 0.882 bits per heavy atom. The highest BCUT2D eigenvalue weighted by Crippen LogP contribution is 2.28. The predicted octanol–water partition coefficient (Wildman–Crippen LogP) is 7.90. The molecule has 0 heterocycles. The van der Waals surface area contributed by atoms with Gasteiger partial charge in [-0.25, -0.2) is 19.2 Å². The standard InChI is InChI=1S/C41H32O10/c1-4-38(42)48-25-46-34-18-14-30(15-19-34)28-6-10-32(11-7-28)40(44)50-36-22-23-37(27(3)24-36)51-41(45)33-12-8-29(9-13-33)31-16-20-35(21-17-31)47-26-49-39(43)5-2/h4-24H,1-2,25-26H2,3H3. The Morgan fingerprint density at radius 3 is 1.27 bits per heavy atom. The minimum Gasteiger partial charge on any atom is -0.457 e. The molecule has 10 heteroatoms. The van der Waals surface area contributed by atoms with Crippen molar-refractivity contribution in [3.05, 3.63) is 157 Å². The van der Waals surface area contributed by atoms with Crippen molar-refractivity contribution in [3.63, 3.8) is 0 Å². The lowest BCUT2D eigenvalue weighted by Gasteiger charge is -2.11. The molecule has 0 saturated carbocycles. The molecule has 10 nitrogen and oxygen atoms in total. The van der Waals surface area contributed by atoms with Gasteiger partial charge in [0.15, 0.2) is 0 Å². The monoisotopic (exact) mass is 684 g/mol. The summed E-state index contributed by atoms with van der Waals surface area (Å²) < 4.78 is 31.6. The first-order valence-corrected chi connectivity index (χ1v) is 15.5. The minimum atomic E-state index is -0.570. The molecule has 0 unspecified atom stereocenters. The highest BCUT2D eigenvalue weighted by molar-refractivity contribution is 5.93. The largest absolute Gasteiger partial charge is 0.457 e. The van der Waals surface area contributed by atoms with Crippen molar-refractivity contribution >= 4 is 23.9 Å². The highest BCUT2D eigenvalue weighted by Gasteiger charge is 2.14.